The average molecular weight is 318 g/mol. The Hall–Kier alpha value is -1.12. The summed E-state index contributed by atoms with van der Waals surface area (Å²) >= 11 is 0. The molecule has 1 aromatic carbocycles. The van der Waals surface area contributed by atoms with E-state index in [0.717, 1.165) is 5.56 Å². The third kappa shape index (κ3) is 3.80. The van der Waals surface area contributed by atoms with Crippen LogP contribution in [-0.2, 0) is 20.8 Å². The molecule has 0 bridgehead atoms. The van der Waals surface area contributed by atoms with Gasteiger partial charge in [-0.15, -0.1) is 0 Å². The van der Waals surface area contributed by atoms with E-state index in [1.165, 1.54) is 0 Å². The van der Waals surface area contributed by atoms with Crippen molar-refractivity contribution >= 4 is 0 Å². The Bertz CT molecular complexity index is 457. The highest BCUT2D eigenvalue weighted by atomic mass is 19.3. The number of aliphatic hydroxyl groups is 2. The molecule has 0 saturated carbocycles. The highest BCUT2D eigenvalue weighted by molar-refractivity contribution is 5.13. The van der Waals surface area contributed by atoms with Crippen LogP contribution in [0.1, 0.15) is 12.5 Å². The van der Waals surface area contributed by atoms with Crippen molar-refractivity contribution in [1.29, 1.82) is 0 Å². The van der Waals surface area contributed by atoms with Gasteiger partial charge in [-0.2, -0.15) is 0 Å². The smallest absolute Gasteiger partial charge is 0.304 e. The van der Waals surface area contributed by atoms with E-state index >= 15 is 0 Å². The van der Waals surface area contributed by atoms with Crippen LogP contribution in [0.3, 0.4) is 0 Å². The summed E-state index contributed by atoms with van der Waals surface area (Å²) in [5.41, 5.74) is 0.837. The van der Waals surface area contributed by atoms with Crippen LogP contribution in [0.15, 0.2) is 30.3 Å². The van der Waals surface area contributed by atoms with Crippen LogP contribution in [0.25, 0.3) is 0 Å². The van der Waals surface area contributed by atoms with Crippen molar-refractivity contribution in [2.24, 2.45) is 0 Å². The van der Waals surface area contributed by atoms with Gasteiger partial charge in [0.2, 0.25) is 0 Å². The van der Waals surface area contributed by atoms with Crippen molar-refractivity contribution in [1.82, 2.24) is 0 Å². The third-order valence-corrected chi connectivity index (χ3v) is 3.44. The molecular weight excluding hydrogens is 298 g/mol. The molecule has 22 heavy (non-hydrogen) atoms. The van der Waals surface area contributed by atoms with Crippen LogP contribution >= 0.6 is 0 Å². The van der Waals surface area contributed by atoms with Crippen LogP contribution in [-0.4, -0.2) is 54.0 Å². The molecule has 1 aromatic rings. The van der Waals surface area contributed by atoms with Gasteiger partial charge in [0.1, 0.15) is 6.10 Å². The molecule has 1 saturated heterocycles. The van der Waals surface area contributed by atoms with Gasteiger partial charge in [0.25, 0.3) is 0 Å². The lowest BCUT2D eigenvalue weighted by Crippen LogP contribution is -2.63. The molecule has 7 heteroatoms. The lowest BCUT2D eigenvalue weighted by atomic mass is 9.98. The Balaban J connectivity index is 1.95. The first-order valence-electron chi connectivity index (χ1n) is 7.09. The molecule has 1 fully saturated rings. The number of hydrogen-bond donors (Lipinski definition) is 2. The van der Waals surface area contributed by atoms with Gasteiger partial charge in [-0.25, -0.2) is 8.78 Å². The van der Waals surface area contributed by atoms with E-state index in [4.69, 9.17) is 14.2 Å². The quantitative estimate of drug-likeness (QED) is 0.828. The Morgan fingerprint density at radius 2 is 1.91 bits per heavy atom. The number of rotatable bonds is 6. The zero-order valence-corrected chi connectivity index (χ0v) is 12.2. The van der Waals surface area contributed by atoms with E-state index in [1.54, 1.807) is 6.92 Å². The molecule has 2 rings (SSSR count). The minimum absolute atomic E-state index is 0.148. The summed E-state index contributed by atoms with van der Waals surface area (Å²) in [5, 5.41) is 19.2. The molecule has 0 radical (unpaired) electrons. The predicted octanol–water partition coefficient (Wildman–Crippen LogP) is 1.32. The van der Waals surface area contributed by atoms with Crippen molar-refractivity contribution in [3.05, 3.63) is 35.9 Å². The fourth-order valence-electron chi connectivity index (χ4n) is 2.21. The lowest BCUT2D eigenvalue weighted by Gasteiger charge is -2.42. The molecular formula is C15H20F2O5. The number of ether oxygens (including phenoxy) is 3. The normalized spacial score (nSPS) is 31.1. The molecule has 1 aliphatic rings. The van der Waals surface area contributed by atoms with E-state index < -0.39 is 37.1 Å². The SMILES string of the molecule is CCO[C@@H]1O[C@H](COCc2ccccc2)C(F)(F)[C@@H](O)[C@H]1O. The molecule has 0 unspecified atom stereocenters. The summed E-state index contributed by atoms with van der Waals surface area (Å²) < 4.78 is 43.3. The topological polar surface area (TPSA) is 68.2 Å². The van der Waals surface area contributed by atoms with Crippen molar-refractivity contribution in [3.8, 4) is 0 Å². The second kappa shape index (κ2) is 7.43. The fraction of sp³-hybridized carbons (Fsp3) is 0.600. The van der Waals surface area contributed by atoms with E-state index in [0.29, 0.717) is 0 Å². The maximum Gasteiger partial charge on any atom is 0.304 e. The predicted molar refractivity (Wildman–Crippen MR) is 73.3 cm³/mol. The zero-order chi connectivity index (χ0) is 16.2. The van der Waals surface area contributed by atoms with Gasteiger partial charge in [-0.1, -0.05) is 30.3 Å². The maximum absolute atomic E-state index is 14.0. The van der Waals surface area contributed by atoms with Crippen LogP contribution in [0.5, 0.6) is 0 Å². The van der Waals surface area contributed by atoms with Crippen molar-refractivity contribution < 1.29 is 33.2 Å². The first-order valence-corrected chi connectivity index (χ1v) is 7.09. The lowest BCUT2D eigenvalue weighted by molar-refractivity contribution is -0.345. The molecule has 0 aliphatic carbocycles. The molecule has 1 aliphatic heterocycles. The monoisotopic (exact) mass is 318 g/mol. The number of benzene rings is 1. The van der Waals surface area contributed by atoms with Gasteiger partial charge >= 0.3 is 5.92 Å². The van der Waals surface area contributed by atoms with Crippen molar-refractivity contribution in [2.75, 3.05) is 13.2 Å². The average Bonchev–Trinajstić information content (AvgIpc) is 2.51. The second-order valence-electron chi connectivity index (χ2n) is 5.06. The van der Waals surface area contributed by atoms with Crippen LogP contribution in [0, 0.1) is 0 Å². The highest BCUT2D eigenvalue weighted by Crippen LogP contribution is 2.35. The minimum Gasteiger partial charge on any atom is -0.385 e. The van der Waals surface area contributed by atoms with Crippen LogP contribution in [0.4, 0.5) is 8.78 Å². The van der Waals surface area contributed by atoms with Gasteiger partial charge in [0.15, 0.2) is 18.5 Å². The Morgan fingerprint density at radius 1 is 1.23 bits per heavy atom. The molecule has 124 valence electrons. The van der Waals surface area contributed by atoms with Crippen molar-refractivity contribution in [3.63, 3.8) is 0 Å². The summed E-state index contributed by atoms with van der Waals surface area (Å²) in [7, 11) is 0. The minimum atomic E-state index is -3.62. The molecule has 4 atom stereocenters. The van der Waals surface area contributed by atoms with Gasteiger partial charge in [-0.05, 0) is 12.5 Å². The second-order valence-corrected chi connectivity index (χ2v) is 5.06. The fourth-order valence-corrected chi connectivity index (χ4v) is 2.21. The maximum atomic E-state index is 14.0. The standard InChI is InChI=1S/C15H20F2O5/c1-2-21-14-12(18)13(19)15(16,17)11(22-14)9-20-8-10-6-4-3-5-7-10/h3-7,11-14,18-19H,2,8-9H2,1H3/t11-,12-,13+,14-/m1/s1. The summed E-state index contributed by atoms with van der Waals surface area (Å²) in [6.45, 7) is 1.53. The van der Waals surface area contributed by atoms with Gasteiger partial charge in [0.05, 0.1) is 13.2 Å². The Kier molecular flexibility index (Phi) is 5.82. The van der Waals surface area contributed by atoms with Gasteiger partial charge < -0.3 is 24.4 Å². The third-order valence-electron chi connectivity index (χ3n) is 3.44. The van der Waals surface area contributed by atoms with Crippen LogP contribution in [0.2, 0.25) is 0 Å². The number of aliphatic hydroxyl groups excluding tert-OH is 2. The number of alkyl halides is 2. The van der Waals surface area contributed by atoms with E-state index in [1.807, 2.05) is 30.3 Å². The summed E-state index contributed by atoms with van der Waals surface area (Å²) in [5.74, 6) is -3.62. The molecule has 5 nitrogen and oxygen atoms in total. The highest BCUT2D eigenvalue weighted by Gasteiger charge is 2.57. The van der Waals surface area contributed by atoms with Gasteiger partial charge in [-0.3, -0.25) is 0 Å². The van der Waals surface area contributed by atoms with Crippen molar-refractivity contribution in [2.45, 2.75) is 44.1 Å². The Morgan fingerprint density at radius 3 is 2.55 bits per heavy atom. The summed E-state index contributed by atoms with van der Waals surface area (Å²) in [6, 6.07) is 9.08. The number of hydrogen-bond acceptors (Lipinski definition) is 5. The molecule has 0 aromatic heterocycles. The number of halogens is 2. The Labute approximate surface area is 127 Å². The summed E-state index contributed by atoms with van der Waals surface area (Å²) in [6.07, 6.45) is -7.06. The molecule has 0 amide bonds. The zero-order valence-electron chi connectivity index (χ0n) is 12.2. The molecule has 0 spiro atoms. The summed E-state index contributed by atoms with van der Waals surface area (Å²) in [4.78, 5) is 0. The molecule has 1 heterocycles. The van der Waals surface area contributed by atoms with Crippen LogP contribution < -0.4 is 0 Å². The molecule has 2 N–H and O–H groups in total. The first kappa shape index (κ1) is 17.2. The van der Waals surface area contributed by atoms with E-state index in [2.05, 4.69) is 0 Å². The largest absolute Gasteiger partial charge is 0.385 e. The van der Waals surface area contributed by atoms with E-state index in [-0.39, 0.29) is 13.2 Å². The van der Waals surface area contributed by atoms with E-state index in [9.17, 15) is 19.0 Å². The first-order chi connectivity index (χ1) is 10.5. The van der Waals surface area contributed by atoms with Gasteiger partial charge in [0, 0.05) is 6.61 Å².